The summed E-state index contributed by atoms with van der Waals surface area (Å²) in [5.74, 6) is 0. The average Bonchev–Trinajstić information content (AvgIpc) is 2.17. The second kappa shape index (κ2) is 12.9. The summed E-state index contributed by atoms with van der Waals surface area (Å²) in [7, 11) is 6.08. The zero-order valence-corrected chi connectivity index (χ0v) is 10.8. The summed E-state index contributed by atoms with van der Waals surface area (Å²) >= 11 is 0. The van der Waals surface area contributed by atoms with Gasteiger partial charge >= 0.3 is 0 Å². The normalized spacial score (nSPS) is 12.2. The summed E-state index contributed by atoms with van der Waals surface area (Å²) in [6.07, 6.45) is 1.46. The van der Waals surface area contributed by atoms with E-state index in [1.54, 1.807) is 0 Å². The Kier molecular flexibility index (Phi) is 15.0. The van der Waals surface area contributed by atoms with Crippen molar-refractivity contribution < 1.29 is 4.74 Å². The SMILES string of the molecule is CC.CNCCC(C)OCCN(C)C. The van der Waals surface area contributed by atoms with Crippen molar-refractivity contribution in [1.29, 1.82) is 0 Å². The maximum absolute atomic E-state index is 5.57. The van der Waals surface area contributed by atoms with E-state index in [0.29, 0.717) is 6.10 Å². The molecule has 14 heavy (non-hydrogen) atoms. The van der Waals surface area contributed by atoms with Gasteiger partial charge in [-0.25, -0.2) is 0 Å². The van der Waals surface area contributed by atoms with Gasteiger partial charge in [-0.2, -0.15) is 0 Å². The van der Waals surface area contributed by atoms with E-state index in [-0.39, 0.29) is 0 Å². The third-order valence-electron chi connectivity index (χ3n) is 1.74. The van der Waals surface area contributed by atoms with Crippen LogP contribution < -0.4 is 5.32 Å². The fourth-order valence-electron chi connectivity index (χ4n) is 0.867. The first kappa shape index (κ1) is 16.3. The van der Waals surface area contributed by atoms with E-state index in [0.717, 1.165) is 26.1 Å². The molecule has 0 aromatic rings. The van der Waals surface area contributed by atoms with Crippen molar-refractivity contribution in [1.82, 2.24) is 10.2 Å². The molecule has 0 fully saturated rings. The molecule has 0 rings (SSSR count). The second-order valence-corrected chi connectivity index (χ2v) is 3.38. The van der Waals surface area contributed by atoms with Gasteiger partial charge in [0, 0.05) is 6.54 Å². The van der Waals surface area contributed by atoms with Crippen LogP contribution in [0.3, 0.4) is 0 Å². The fraction of sp³-hybridized carbons (Fsp3) is 1.00. The summed E-state index contributed by atoms with van der Waals surface area (Å²) in [6.45, 7) is 8.98. The van der Waals surface area contributed by atoms with Crippen molar-refractivity contribution in [2.45, 2.75) is 33.3 Å². The number of rotatable bonds is 7. The number of likely N-dealkylation sites (N-methyl/N-ethyl adjacent to an activating group) is 1. The average molecular weight is 204 g/mol. The molecule has 1 N–H and O–H groups in total. The molecule has 0 spiro atoms. The number of nitrogens with zero attached hydrogens (tertiary/aromatic N) is 1. The third-order valence-corrected chi connectivity index (χ3v) is 1.74. The van der Waals surface area contributed by atoms with Crippen LogP contribution in [0.4, 0.5) is 0 Å². The highest BCUT2D eigenvalue weighted by Crippen LogP contribution is 1.95. The van der Waals surface area contributed by atoms with E-state index in [1.165, 1.54) is 0 Å². The van der Waals surface area contributed by atoms with E-state index < -0.39 is 0 Å². The Morgan fingerprint density at radius 2 is 1.86 bits per heavy atom. The lowest BCUT2D eigenvalue weighted by atomic mass is 10.3. The number of nitrogens with one attached hydrogen (secondary N) is 1. The molecule has 0 aromatic carbocycles. The van der Waals surface area contributed by atoms with Crippen LogP contribution in [0.2, 0.25) is 0 Å². The Bertz CT molecular complexity index is 97.3. The van der Waals surface area contributed by atoms with Gasteiger partial charge in [0.15, 0.2) is 0 Å². The first-order chi connectivity index (χ1) is 6.66. The molecule has 0 aliphatic carbocycles. The van der Waals surface area contributed by atoms with Crippen LogP contribution in [0.15, 0.2) is 0 Å². The number of hydrogen-bond donors (Lipinski definition) is 1. The topological polar surface area (TPSA) is 24.5 Å². The maximum atomic E-state index is 5.57. The Hall–Kier alpha value is -0.120. The Morgan fingerprint density at radius 3 is 2.29 bits per heavy atom. The highest BCUT2D eigenvalue weighted by atomic mass is 16.5. The molecule has 0 aliphatic rings. The summed E-state index contributed by atoms with van der Waals surface area (Å²) < 4.78 is 5.57. The van der Waals surface area contributed by atoms with E-state index in [4.69, 9.17) is 4.74 Å². The van der Waals surface area contributed by atoms with Crippen LogP contribution in [-0.4, -0.2) is 51.8 Å². The third kappa shape index (κ3) is 14.4. The molecule has 0 radical (unpaired) electrons. The minimum atomic E-state index is 0.373. The van der Waals surface area contributed by atoms with Crippen LogP contribution >= 0.6 is 0 Å². The molecule has 3 nitrogen and oxygen atoms in total. The zero-order valence-electron chi connectivity index (χ0n) is 10.8. The Balaban J connectivity index is 0. The van der Waals surface area contributed by atoms with Crippen LogP contribution in [0.5, 0.6) is 0 Å². The van der Waals surface area contributed by atoms with Crippen LogP contribution in [-0.2, 0) is 4.74 Å². The number of ether oxygens (including phenoxy) is 1. The molecule has 0 amide bonds. The lowest BCUT2D eigenvalue weighted by Gasteiger charge is -2.15. The first-order valence-corrected chi connectivity index (χ1v) is 5.57. The quantitative estimate of drug-likeness (QED) is 0.681. The van der Waals surface area contributed by atoms with Gasteiger partial charge in [0.05, 0.1) is 12.7 Å². The summed E-state index contributed by atoms with van der Waals surface area (Å²) in [5.41, 5.74) is 0. The van der Waals surface area contributed by atoms with Gasteiger partial charge in [-0.3, -0.25) is 0 Å². The van der Waals surface area contributed by atoms with E-state index in [2.05, 4.69) is 31.2 Å². The smallest absolute Gasteiger partial charge is 0.0596 e. The largest absolute Gasteiger partial charge is 0.377 e. The molecule has 0 aromatic heterocycles. The zero-order chi connectivity index (χ0) is 11.4. The van der Waals surface area contributed by atoms with Gasteiger partial charge in [0.2, 0.25) is 0 Å². The van der Waals surface area contributed by atoms with Crippen LogP contribution in [0.1, 0.15) is 27.2 Å². The van der Waals surface area contributed by atoms with Gasteiger partial charge in [-0.15, -0.1) is 0 Å². The van der Waals surface area contributed by atoms with Gasteiger partial charge in [0.1, 0.15) is 0 Å². The fourth-order valence-corrected chi connectivity index (χ4v) is 0.867. The minimum Gasteiger partial charge on any atom is -0.377 e. The standard InChI is InChI=1S/C9H22N2O.C2H6/c1-9(5-6-10-2)12-8-7-11(3)4;1-2/h9-10H,5-8H2,1-4H3;1-2H3. The molecule has 1 unspecified atom stereocenters. The highest BCUT2D eigenvalue weighted by Gasteiger charge is 2.00. The first-order valence-electron chi connectivity index (χ1n) is 5.57. The highest BCUT2D eigenvalue weighted by molar-refractivity contribution is 4.52. The summed E-state index contributed by atoms with van der Waals surface area (Å²) in [6, 6.07) is 0. The molecule has 0 heterocycles. The molecule has 1 atom stereocenters. The van der Waals surface area contributed by atoms with Crippen molar-refractivity contribution in [3.8, 4) is 0 Å². The molecule has 88 valence electrons. The molecule has 0 saturated carbocycles. The lowest BCUT2D eigenvalue weighted by Crippen LogP contribution is -2.23. The predicted molar refractivity (Wildman–Crippen MR) is 63.9 cm³/mol. The molecule has 0 bridgehead atoms. The van der Waals surface area contributed by atoms with Crippen molar-refractivity contribution in [3.05, 3.63) is 0 Å². The van der Waals surface area contributed by atoms with Gasteiger partial charge < -0.3 is 15.0 Å². The predicted octanol–water partition coefficient (Wildman–Crippen LogP) is 1.59. The van der Waals surface area contributed by atoms with Crippen molar-refractivity contribution in [2.75, 3.05) is 40.8 Å². The van der Waals surface area contributed by atoms with Gasteiger partial charge in [0.25, 0.3) is 0 Å². The number of hydrogen-bond acceptors (Lipinski definition) is 3. The molecule has 3 heteroatoms. The van der Waals surface area contributed by atoms with Crippen LogP contribution in [0, 0.1) is 0 Å². The monoisotopic (exact) mass is 204 g/mol. The van der Waals surface area contributed by atoms with E-state index in [1.807, 2.05) is 20.9 Å². The maximum Gasteiger partial charge on any atom is 0.0596 e. The van der Waals surface area contributed by atoms with Crippen molar-refractivity contribution in [2.24, 2.45) is 0 Å². The van der Waals surface area contributed by atoms with E-state index >= 15 is 0 Å². The molecule has 0 aliphatic heterocycles. The van der Waals surface area contributed by atoms with Crippen LogP contribution in [0.25, 0.3) is 0 Å². The molecular weight excluding hydrogens is 176 g/mol. The van der Waals surface area contributed by atoms with E-state index in [9.17, 15) is 0 Å². The Morgan fingerprint density at radius 1 is 1.29 bits per heavy atom. The summed E-state index contributed by atoms with van der Waals surface area (Å²) in [4.78, 5) is 2.13. The van der Waals surface area contributed by atoms with Gasteiger partial charge in [-0.1, -0.05) is 13.8 Å². The van der Waals surface area contributed by atoms with Crippen molar-refractivity contribution in [3.63, 3.8) is 0 Å². The van der Waals surface area contributed by atoms with Gasteiger partial charge in [-0.05, 0) is 41.0 Å². The minimum absolute atomic E-state index is 0.373. The Labute approximate surface area is 89.8 Å². The summed E-state index contributed by atoms with van der Waals surface area (Å²) in [5, 5.41) is 3.11. The lowest BCUT2D eigenvalue weighted by molar-refractivity contribution is 0.0513. The second-order valence-electron chi connectivity index (χ2n) is 3.38. The van der Waals surface area contributed by atoms with Crippen molar-refractivity contribution >= 4 is 0 Å². The molecular formula is C11H28N2O. The molecule has 0 saturated heterocycles.